The van der Waals surface area contributed by atoms with Gasteiger partial charge in [-0.2, -0.15) is 0 Å². The maximum atomic E-state index is 12.6. The number of rotatable bonds is 9. The van der Waals surface area contributed by atoms with Gasteiger partial charge in [0.15, 0.2) is 5.13 Å². The summed E-state index contributed by atoms with van der Waals surface area (Å²) in [6.07, 6.45) is 4.37. The lowest BCUT2D eigenvalue weighted by molar-refractivity contribution is -0.134. The minimum absolute atomic E-state index is 0.326. The Hall–Kier alpha value is -2.74. The molecule has 0 spiro atoms. The molecule has 2 heterocycles. The molecule has 3 rings (SSSR count). The minimum atomic E-state index is -0.908. The van der Waals surface area contributed by atoms with Crippen LogP contribution >= 0.6 is 11.3 Å². The molecule has 2 N–H and O–H groups in total. The van der Waals surface area contributed by atoms with E-state index in [1.165, 1.54) is 29.7 Å². The van der Waals surface area contributed by atoms with Gasteiger partial charge in [0.05, 0.1) is 5.69 Å². The molecule has 1 aromatic carbocycles. The van der Waals surface area contributed by atoms with E-state index < -0.39 is 17.5 Å². The number of amides is 4. The number of thiazole rings is 1. The standard InChI is InChI=1S/C22H28N4O3S/c1-4-7-8-15-9-11-16(12-10-15)17-14-30-20(23-17)24-18(27)13-26-19(28)22(5-2,6-3)25-21(26)29/h9-12,14H,4-8,13H2,1-3H3,(H,25,29)(H,23,24,27). The lowest BCUT2D eigenvalue weighted by Gasteiger charge is -2.22. The summed E-state index contributed by atoms with van der Waals surface area (Å²) in [7, 11) is 0. The number of hydrogen-bond acceptors (Lipinski definition) is 5. The Labute approximate surface area is 180 Å². The predicted octanol–water partition coefficient (Wildman–Crippen LogP) is 4.20. The van der Waals surface area contributed by atoms with Crippen molar-refractivity contribution in [3.63, 3.8) is 0 Å². The number of carbonyl (C=O) groups is 3. The van der Waals surface area contributed by atoms with Gasteiger partial charge in [0.25, 0.3) is 5.91 Å². The van der Waals surface area contributed by atoms with Crippen LogP contribution in [0.4, 0.5) is 9.93 Å². The quantitative estimate of drug-likeness (QED) is 0.586. The Morgan fingerprint density at radius 1 is 1.17 bits per heavy atom. The molecule has 2 aromatic rings. The van der Waals surface area contributed by atoms with Gasteiger partial charge in [0, 0.05) is 10.9 Å². The third-order valence-electron chi connectivity index (χ3n) is 5.57. The molecule has 1 saturated heterocycles. The van der Waals surface area contributed by atoms with Gasteiger partial charge >= 0.3 is 6.03 Å². The first-order valence-electron chi connectivity index (χ1n) is 10.4. The number of carbonyl (C=O) groups excluding carboxylic acids is 3. The van der Waals surface area contributed by atoms with Crippen molar-refractivity contribution in [3.8, 4) is 11.3 Å². The number of anilines is 1. The van der Waals surface area contributed by atoms with E-state index in [1.807, 2.05) is 31.4 Å². The van der Waals surface area contributed by atoms with Gasteiger partial charge in [-0.25, -0.2) is 9.78 Å². The number of hydrogen-bond donors (Lipinski definition) is 2. The fourth-order valence-corrected chi connectivity index (χ4v) is 4.27. The van der Waals surface area contributed by atoms with E-state index in [4.69, 9.17) is 0 Å². The Morgan fingerprint density at radius 3 is 2.47 bits per heavy atom. The summed E-state index contributed by atoms with van der Waals surface area (Å²) < 4.78 is 0. The number of nitrogens with zero attached hydrogens (tertiary/aromatic N) is 2. The first-order chi connectivity index (χ1) is 14.4. The molecule has 7 nitrogen and oxygen atoms in total. The van der Waals surface area contributed by atoms with Crippen LogP contribution in [0.1, 0.15) is 52.0 Å². The lowest BCUT2D eigenvalue weighted by atomic mass is 9.93. The number of benzene rings is 1. The van der Waals surface area contributed by atoms with E-state index in [9.17, 15) is 14.4 Å². The van der Waals surface area contributed by atoms with Crippen LogP contribution < -0.4 is 10.6 Å². The molecule has 1 fully saturated rings. The highest BCUT2D eigenvalue weighted by molar-refractivity contribution is 7.14. The van der Waals surface area contributed by atoms with Gasteiger partial charge in [0.1, 0.15) is 12.1 Å². The SMILES string of the molecule is CCCCc1ccc(-c2csc(NC(=O)CN3C(=O)NC(CC)(CC)C3=O)n2)cc1. The number of aryl methyl sites for hydroxylation is 1. The fraction of sp³-hybridized carbons (Fsp3) is 0.455. The van der Waals surface area contributed by atoms with Gasteiger partial charge in [-0.15, -0.1) is 11.3 Å². The van der Waals surface area contributed by atoms with E-state index in [-0.39, 0.29) is 12.5 Å². The zero-order valence-electron chi connectivity index (χ0n) is 17.7. The second-order valence-electron chi connectivity index (χ2n) is 7.50. The van der Waals surface area contributed by atoms with E-state index in [1.54, 1.807) is 0 Å². The van der Waals surface area contributed by atoms with Gasteiger partial charge in [-0.1, -0.05) is 51.5 Å². The third-order valence-corrected chi connectivity index (χ3v) is 6.33. The van der Waals surface area contributed by atoms with Gasteiger partial charge in [-0.3, -0.25) is 14.5 Å². The van der Waals surface area contributed by atoms with Crippen molar-refractivity contribution in [3.05, 3.63) is 35.2 Å². The molecule has 0 atom stereocenters. The van der Waals surface area contributed by atoms with Crippen molar-refractivity contribution >= 4 is 34.3 Å². The predicted molar refractivity (Wildman–Crippen MR) is 118 cm³/mol. The average Bonchev–Trinajstić information content (AvgIpc) is 3.31. The van der Waals surface area contributed by atoms with Crippen LogP contribution in [-0.2, 0) is 16.0 Å². The summed E-state index contributed by atoms with van der Waals surface area (Å²) in [6.45, 7) is 5.54. The lowest BCUT2D eigenvalue weighted by Crippen LogP contribution is -2.46. The van der Waals surface area contributed by atoms with Crippen molar-refractivity contribution in [1.29, 1.82) is 0 Å². The van der Waals surface area contributed by atoms with E-state index in [2.05, 4.69) is 34.7 Å². The van der Waals surface area contributed by atoms with Gasteiger partial charge < -0.3 is 10.6 Å². The van der Waals surface area contributed by atoms with Crippen molar-refractivity contribution < 1.29 is 14.4 Å². The first kappa shape index (κ1) is 22.0. The number of imide groups is 1. The normalized spacial score (nSPS) is 15.4. The van der Waals surface area contributed by atoms with Crippen LogP contribution in [-0.4, -0.2) is 39.8 Å². The number of aromatic nitrogens is 1. The van der Waals surface area contributed by atoms with Gasteiger partial charge in [-0.05, 0) is 31.2 Å². The minimum Gasteiger partial charge on any atom is -0.323 e. The summed E-state index contributed by atoms with van der Waals surface area (Å²) in [4.78, 5) is 42.7. The molecule has 0 bridgehead atoms. The molecule has 1 aliphatic rings. The third kappa shape index (κ3) is 4.53. The molecule has 0 unspecified atom stereocenters. The zero-order chi connectivity index (χ0) is 21.7. The Kier molecular flexibility index (Phi) is 6.87. The zero-order valence-corrected chi connectivity index (χ0v) is 18.5. The van der Waals surface area contributed by atoms with Crippen LogP contribution in [0.15, 0.2) is 29.6 Å². The summed E-state index contributed by atoms with van der Waals surface area (Å²) >= 11 is 1.31. The smallest absolute Gasteiger partial charge is 0.323 e. The topological polar surface area (TPSA) is 91.4 Å². The Morgan fingerprint density at radius 2 is 1.87 bits per heavy atom. The maximum absolute atomic E-state index is 12.6. The fourth-order valence-electron chi connectivity index (χ4n) is 3.54. The second-order valence-corrected chi connectivity index (χ2v) is 8.36. The number of unbranched alkanes of at least 4 members (excludes halogenated alkanes) is 1. The van der Waals surface area contributed by atoms with Crippen molar-refractivity contribution in [1.82, 2.24) is 15.2 Å². The van der Waals surface area contributed by atoms with E-state index in [0.717, 1.165) is 22.6 Å². The van der Waals surface area contributed by atoms with Gasteiger partial charge in [0.2, 0.25) is 5.91 Å². The maximum Gasteiger partial charge on any atom is 0.325 e. The molecular weight excluding hydrogens is 400 g/mol. The van der Waals surface area contributed by atoms with Crippen LogP contribution in [0.25, 0.3) is 11.3 Å². The van der Waals surface area contributed by atoms with Crippen LogP contribution in [0, 0.1) is 0 Å². The largest absolute Gasteiger partial charge is 0.325 e. The van der Waals surface area contributed by atoms with Crippen LogP contribution in [0.5, 0.6) is 0 Å². The second kappa shape index (κ2) is 9.38. The van der Waals surface area contributed by atoms with Crippen molar-refractivity contribution in [2.24, 2.45) is 0 Å². The molecule has 30 heavy (non-hydrogen) atoms. The highest BCUT2D eigenvalue weighted by atomic mass is 32.1. The Balaban J connectivity index is 1.61. The van der Waals surface area contributed by atoms with Crippen molar-refractivity contribution in [2.45, 2.75) is 58.4 Å². The summed E-state index contributed by atoms with van der Waals surface area (Å²) in [5.41, 5.74) is 2.16. The molecule has 0 radical (unpaired) electrons. The monoisotopic (exact) mass is 428 g/mol. The van der Waals surface area contributed by atoms with E-state index >= 15 is 0 Å². The summed E-state index contributed by atoms with van der Waals surface area (Å²) in [5, 5.41) is 7.74. The molecule has 1 aromatic heterocycles. The van der Waals surface area contributed by atoms with E-state index in [0.29, 0.717) is 18.0 Å². The Bertz CT molecular complexity index is 919. The number of nitrogens with one attached hydrogen (secondary N) is 2. The highest BCUT2D eigenvalue weighted by Gasteiger charge is 2.49. The number of urea groups is 1. The molecule has 0 aliphatic carbocycles. The van der Waals surface area contributed by atoms with Crippen molar-refractivity contribution in [2.75, 3.05) is 11.9 Å². The molecule has 1 aliphatic heterocycles. The first-order valence-corrected chi connectivity index (χ1v) is 11.3. The molecule has 8 heteroatoms. The summed E-state index contributed by atoms with van der Waals surface area (Å²) in [6, 6.07) is 7.76. The van der Waals surface area contributed by atoms with Crippen LogP contribution in [0.3, 0.4) is 0 Å². The van der Waals surface area contributed by atoms with Crippen LogP contribution in [0.2, 0.25) is 0 Å². The molecule has 0 saturated carbocycles. The summed E-state index contributed by atoms with van der Waals surface area (Å²) in [5.74, 6) is -0.798. The molecule has 4 amide bonds. The average molecular weight is 429 g/mol. The molecular formula is C22H28N4O3S. The molecule has 160 valence electrons. The highest BCUT2D eigenvalue weighted by Crippen LogP contribution is 2.27.